The van der Waals surface area contributed by atoms with Crippen molar-refractivity contribution in [2.75, 3.05) is 6.54 Å². The molecule has 1 heterocycles. The van der Waals surface area contributed by atoms with Crippen LogP contribution in [0, 0.1) is 11.6 Å². The lowest BCUT2D eigenvalue weighted by atomic mass is 10.00. The van der Waals surface area contributed by atoms with Crippen molar-refractivity contribution in [3.8, 4) is 16.9 Å². The van der Waals surface area contributed by atoms with Crippen LogP contribution in [0.4, 0.5) is 8.78 Å². The molecule has 0 aromatic heterocycles. The molecule has 2 nitrogen and oxygen atoms in total. The zero-order valence-corrected chi connectivity index (χ0v) is 10.2. The number of rotatable bonds is 2. The summed E-state index contributed by atoms with van der Waals surface area (Å²) in [6.07, 6.45) is 0.615. The van der Waals surface area contributed by atoms with Gasteiger partial charge in [-0.3, -0.25) is 0 Å². The molecule has 1 aliphatic rings. The highest BCUT2D eigenvalue weighted by Crippen LogP contribution is 2.39. The Kier molecular flexibility index (Phi) is 2.95. The summed E-state index contributed by atoms with van der Waals surface area (Å²) < 4.78 is 32.9. The Morgan fingerprint density at radius 3 is 2.79 bits per heavy atom. The topological polar surface area (TPSA) is 35.2 Å². The van der Waals surface area contributed by atoms with Gasteiger partial charge in [0.15, 0.2) is 0 Å². The van der Waals surface area contributed by atoms with Crippen LogP contribution < -0.4 is 10.5 Å². The summed E-state index contributed by atoms with van der Waals surface area (Å²) in [6, 6.07) is 8.89. The van der Waals surface area contributed by atoms with Crippen LogP contribution in [0.25, 0.3) is 11.1 Å². The maximum Gasteiger partial charge on any atom is 0.131 e. The van der Waals surface area contributed by atoms with Crippen LogP contribution in [0.1, 0.15) is 5.56 Å². The number of halogens is 2. The molecule has 0 radical (unpaired) electrons. The SMILES string of the molecule is NCC1Cc2cccc(-c3cc(F)ccc3F)c2O1. The molecule has 0 amide bonds. The molecule has 0 bridgehead atoms. The van der Waals surface area contributed by atoms with Gasteiger partial charge >= 0.3 is 0 Å². The van der Waals surface area contributed by atoms with Gasteiger partial charge in [0.1, 0.15) is 23.5 Å². The second-order valence-corrected chi connectivity index (χ2v) is 4.60. The molecule has 1 atom stereocenters. The summed E-state index contributed by atoms with van der Waals surface area (Å²) >= 11 is 0. The third-order valence-electron chi connectivity index (χ3n) is 3.31. The number of para-hydroxylation sites is 1. The number of nitrogens with two attached hydrogens (primary N) is 1. The average molecular weight is 261 g/mol. The number of benzene rings is 2. The fourth-order valence-corrected chi connectivity index (χ4v) is 2.39. The van der Waals surface area contributed by atoms with E-state index >= 15 is 0 Å². The molecule has 0 saturated carbocycles. The molecule has 98 valence electrons. The van der Waals surface area contributed by atoms with Crippen LogP contribution in [0.3, 0.4) is 0 Å². The van der Waals surface area contributed by atoms with Gasteiger partial charge in [-0.25, -0.2) is 8.78 Å². The third kappa shape index (κ3) is 2.08. The summed E-state index contributed by atoms with van der Waals surface area (Å²) in [5, 5.41) is 0. The fraction of sp³-hybridized carbons (Fsp3) is 0.200. The lowest BCUT2D eigenvalue weighted by molar-refractivity contribution is 0.242. The predicted octanol–water partition coefficient (Wildman–Crippen LogP) is 2.89. The minimum absolute atomic E-state index is 0.0900. The van der Waals surface area contributed by atoms with Crippen molar-refractivity contribution < 1.29 is 13.5 Å². The summed E-state index contributed by atoms with van der Waals surface area (Å²) in [6.45, 7) is 0.403. The molecule has 2 N–H and O–H groups in total. The van der Waals surface area contributed by atoms with E-state index in [2.05, 4.69) is 0 Å². The predicted molar refractivity (Wildman–Crippen MR) is 69.0 cm³/mol. The molecule has 0 saturated heterocycles. The van der Waals surface area contributed by atoms with Gasteiger partial charge in [0, 0.05) is 24.1 Å². The first kappa shape index (κ1) is 12.1. The Hall–Kier alpha value is -1.94. The van der Waals surface area contributed by atoms with E-state index < -0.39 is 11.6 Å². The molecule has 4 heteroatoms. The Morgan fingerprint density at radius 2 is 2.00 bits per heavy atom. The van der Waals surface area contributed by atoms with Crippen molar-refractivity contribution in [1.29, 1.82) is 0 Å². The zero-order chi connectivity index (χ0) is 13.4. The van der Waals surface area contributed by atoms with Crippen molar-refractivity contribution in [1.82, 2.24) is 0 Å². The number of hydrogen-bond acceptors (Lipinski definition) is 2. The van der Waals surface area contributed by atoms with Crippen LogP contribution in [0.5, 0.6) is 5.75 Å². The Labute approximate surface area is 109 Å². The van der Waals surface area contributed by atoms with Crippen molar-refractivity contribution >= 4 is 0 Å². The van der Waals surface area contributed by atoms with Crippen molar-refractivity contribution in [2.24, 2.45) is 5.73 Å². The average Bonchev–Trinajstić information content (AvgIpc) is 2.84. The van der Waals surface area contributed by atoms with Crippen LogP contribution in [0.2, 0.25) is 0 Å². The Bertz CT molecular complexity index is 628. The highest BCUT2D eigenvalue weighted by molar-refractivity contribution is 5.73. The van der Waals surface area contributed by atoms with Crippen LogP contribution in [-0.4, -0.2) is 12.6 Å². The van der Waals surface area contributed by atoms with E-state index in [0.717, 1.165) is 17.7 Å². The van der Waals surface area contributed by atoms with Gasteiger partial charge in [0.2, 0.25) is 0 Å². The first-order valence-electron chi connectivity index (χ1n) is 6.13. The van der Waals surface area contributed by atoms with Gasteiger partial charge in [0.05, 0.1) is 0 Å². The Balaban J connectivity index is 2.13. The van der Waals surface area contributed by atoms with E-state index in [4.69, 9.17) is 10.5 Å². The highest BCUT2D eigenvalue weighted by atomic mass is 19.1. The first-order chi connectivity index (χ1) is 9.19. The molecule has 19 heavy (non-hydrogen) atoms. The van der Waals surface area contributed by atoms with Gasteiger partial charge < -0.3 is 10.5 Å². The van der Waals surface area contributed by atoms with Crippen molar-refractivity contribution in [2.45, 2.75) is 12.5 Å². The fourth-order valence-electron chi connectivity index (χ4n) is 2.39. The quantitative estimate of drug-likeness (QED) is 0.902. The smallest absolute Gasteiger partial charge is 0.131 e. The lowest BCUT2D eigenvalue weighted by Crippen LogP contribution is -2.24. The van der Waals surface area contributed by atoms with Gasteiger partial charge in [0.25, 0.3) is 0 Å². The normalized spacial score (nSPS) is 17.1. The summed E-state index contributed by atoms with van der Waals surface area (Å²) in [7, 11) is 0. The van der Waals surface area contributed by atoms with E-state index in [-0.39, 0.29) is 11.7 Å². The monoisotopic (exact) mass is 261 g/mol. The molecule has 3 rings (SSSR count). The molecule has 2 aromatic carbocycles. The molecule has 1 unspecified atom stereocenters. The highest BCUT2D eigenvalue weighted by Gasteiger charge is 2.25. The maximum absolute atomic E-state index is 13.9. The molecule has 2 aromatic rings. The summed E-state index contributed by atoms with van der Waals surface area (Å²) in [4.78, 5) is 0. The van der Waals surface area contributed by atoms with E-state index in [1.54, 1.807) is 6.07 Å². The minimum Gasteiger partial charge on any atom is -0.488 e. The largest absolute Gasteiger partial charge is 0.488 e. The third-order valence-corrected chi connectivity index (χ3v) is 3.31. The maximum atomic E-state index is 13.9. The van der Waals surface area contributed by atoms with Crippen molar-refractivity contribution in [3.05, 3.63) is 53.6 Å². The summed E-state index contributed by atoms with van der Waals surface area (Å²) in [5.41, 5.74) is 7.37. The molecule has 0 aliphatic carbocycles. The second kappa shape index (κ2) is 4.63. The van der Waals surface area contributed by atoms with E-state index in [1.165, 1.54) is 6.07 Å². The van der Waals surface area contributed by atoms with Gasteiger partial charge in [-0.05, 0) is 23.8 Å². The standard InChI is InChI=1S/C15H13F2NO/c16-10-4-5-14(17)13(7-10)12-3-1-2-9-6-11(8-18)19-15(9)12/h1-5,7,11H,6,8,18H2. The molecule has 1 aliphatic heterocycles. The first-order valence-corrected chi connectivity index (χ1v) is 6.13. The van der Waals surface area contributed by atoms with Gasteiger partial charge in [-0.15, -0.1) is 0 Å². The summed E-state index contributed by atoms with van der Waals surface area (Å²) in [5.74, 6) is -0.320. The minimum atomic E-state index is -0.470. The van der Waals surface area contributed by atoms with E-state index in [0.29, 0.717) is 24.3 Å². The zero-order valence-electron chi connectivity index (χ0n) is 10.2. The van der Waals surface area contributed by atoms with Crippen LogP contribution in [0.15, 0.2) is 36.4 Å². The molecular weight excluding hydrogens is 248 g/mol. The molecule has 0 spiro atoms. The van der Waals surface area contributed by atoms with E-state index in [9.17, 15) is 8.78 Å². The van der Waals surface area contributed by atoms with Gasteiger partial charge in [-0.2, -0.15) is 0 Å². The second-order valence-electron chi connectivity index (χ2n) is 4.60. The lowest BCUT2D eigenvalue weighted by Gasteiger charge is -2.11. The Morgan fingerprint density at radius 1 is 1.16 bits per heavy atom. The number of ether oxygens (including phenoxy) is 1. The van der Waals surface area contributed by atoms with E-state index in [1.807, 2.05) is 12.1 Å². The molecular formula is C15H13F2NO. The van der Waals surface area contributed by atoms with Crippen LogP contribution >= 0.6 is 0 Å². The number of hydrogen-bond donors (Lipinski definition) is 1. The molecule has 0 fully saturated rings. The van der Waals surface area contributed by atoms with Crippen molar-refractivity contribution in [3.63, 3.8) is 0 Å². The number of fused-ring (bicyclic) bond motifs is 1. The van der Waals surface area contributed by atoms with Gasteiger partial charge in [-0.1, -0.05) is 18.2 Å². The van der Waals surface area contributed by atoms with Crippen LogP contribution in [-0.2, 0) is 6.42 Å².